The summed E-state index contributed by atoms with van der Waals surface area (Å²) < 4.78 is 13.1. The molecular weight excluding hydrogens is 471 g/mol. The number of rotatable bonds is 10. The molecule has 0 saturated heterocycles. The first-order valence-electron chi connectivity index (χ1n) is 9.63. The van der Waals surface area contributed by atoms with Gasteiger partial charge in [-0.05, 0) is 37.3 Å². The van der Waals surface area contributed by atoms with Crippen molar-refractivity contribution in [1.29, 1.82) is 0 Å². The van der Waals surface area contributed by atoms with Crippen molar-refractivity contribution in [2.24, 2.45) is 0 Å². The third-order valence-electron chi connectivity index (χ3n) is 4.31. The lowest BCUT2D eigenvalue weighted by Crippen LogP contribution is -2.16. The lowest BCUT2D eigenvalue weighted by molar-refractivity contribution is -0.113. The Bertz CT molecular complexity index is 1110. The van der Waals surface area contributed by atoms with Crippen LogP contribution in [0.2, 0.25) is 10.0 Å². The third kappa shape index (κ3) is 6.18. The van der Waals surface area contributed by atoms with Crippen LogP contribution in [0.4, 0.5) is 5.69 Å². The quantitative estimate of drug-likeness (QED) is 0.291. The number of anilines is 1. The van der Waals surface area contributed by atoms with E-state index in [1.165, 1.54) is 11.8 Å². The van der Waals surface area contributed by atoms with Crippen molar-refractivity contribution in [1.82, 2.24) is 14.8 Å². The van der Waals surface area contributed by atoms with Gasteiger partial charge < -0.3 is 14.8 Å². The molecule has 1 heterocycles. The first-order valence-corrected chi connectivity index (χ1v) is 11.4. The van der Waals surface area contributed by atoms with Crippen LogP contribution in [0.5, 0.6) is 11.5 Å². The van der Waals surface area contributed by atoms with Crippen LogP contribution >= 0.6 is 35.0 Å². The van der Waals surface area contributed by atoms with Crippen LogP contribution in [-0.2, 0) is 11.3 Å². The molecule has 0 radical (unpaired) electrons. The van der Waals surface area contributed by atoms with Gasteiger partial charge in [0.05, 0.1) is 23.6 Å². The predicted molar refractivity (Wildman–Crippen MR) is 128 cm³/mol. The fraction of sp³-hybridized carbons (Fsp3) is 0.227. The van der Waals surface area contributed by atoms with Crippen LogP contribution in [-0.4, -0.2) is 33.5 Å². The van der Waals surface area contributed by atoms with E-state index in [0.29, 0.717) is 44.8 Å². The second-order valence-corrected chi connectivity index (χ2v) is 8.43. The number of ether oxygens (including phenoxy) is 2. The van der Waals surface area contributed by atoms with E-state index >= 15 is 0 Å². The summed E-state index contributed by atoms with van der Waals surface area (Å²) in [5.74, 6) is 1.84. The summed E-state index contributed by atoms with van der Waals surface area (Å²) in [6.07, 6.45) is 1.35. The number of hydrogen-bond acceptors (Lipinski definition) is 6. The Hall–Kier alpha value is -2.68. The second kappa shape index (κ2) is 11.3. The molecule has 3 rings (SSSR count). The Morgan fingerprint density at radius 2 is 2.03 bits per heavy atom. The smallest absolute Gasteiger partial charge is 0.234 e. The van der Waals surface area contributed by atoms with E-state index in [1.54, 1.807) is 37.5 Å². The third-order valence-corrected chi connectivity index (χ3v) is 5.84. The molecular formula is C22H22Cl2N4O3S. The highest BCUT2D eigenvalue weighted by Crippen LogP contribution is 2.28. The number of nitrogens with zero attached hydrogens (tertiary/aromatic N) is 3. The average molecular weight is 493 g/mol. The summed E-state index contributed by atoms with van der Waals surface area (Å²) in [5.41, 5.74) is 0.457. The van der Waals surface area contributed by atoms with Gasteiger partial charge in [-0.25, -0.2) is 0 Å². The van der Waals surface area contributed by atoms with Crippen molar-refractivity contribution < 1.29 is 14.3 Å². The van der Waals surface area contributed by atoms with Crippen LogP contribution in [0.15, 0.2) is 60.3 Å². The summed E-state index contributed by atoms with van der Waals surface area (Å²) in [4.78, 5) is 12.4. The maximum Gasteiger partial charge on any atom is 0.234 e. The van der Waals surface area contributed by atoms with Gasteiger partial charge in [-0.15, -0.1) is 16.8 Å². The molecule has 1 atom stereocenters. The molecule has 1 aromatic heterocycles. The van der Waals surface area contributed by atoms with Crippen LogP contribution in [0.1, 0.15) is 18.9 Å². The summed E-state index contributed by atoms with van der Waals surface area (Å²) in [6.45, 7) is 6.15. The molecule has 0 bridgehead atoms. The molecule has 3 aromatic rings. The standard InChI is InChI=1S/C22H22Cl2N4O3S/c1-4-10-28-21(14(2)31-17-7-5-6-16(12-17)30-3)26-27-22(28)32-13-20(29)25-19-11-15(23)8-9-18(19)24/h4-9,11-12,14H,1,10,13H2,2-3H3,(H,25,29). The molecule has 2 aromatic carbocycles. The number of halogens is 2. The molecule has 0 spiro atoms. The lowest BCUT2D eigenvalue weighted by atomic mass is 10.3. The van der Waals surface area contributed by atoms with E-state index in [9.17, 15) is 4.79 Å². The van der Waals surface area contributed by atoms with Crippen LogP contribution < -0.4 is 14.8 Å². The second-order valence-electron chi connectivity index (χ2n) is 6.64. The van der Waals surface area contributed by atoms with Gasteiger partial charge in [0.15, 0.2) is 17.1 Å². The van der Waals surface area contributed by atoms with E-state index in [0.717, 1.165) is 0 Å². The molecule has 0 aliphatic heterocycles. The Kier molecular flexibility index (Phi) is 8.44. The zero-order valence-electron chi connectivity index (χ0n) is 17.5. The Morgan fingerprint density at radius 3 is 2.78 bits per heavy atom. The molecule has 0 saturated carbocycles. The highest BCUT2D eigenvalue weighted by atomic mass is 35.5. The summed E-state index contributed by atoms with van der Waals surface area (Å²) in [7, 11) is 1.60. The number of hydrogen-bond donors (Lipinski definition) is 1. The van der Waals surface area contributed by atoms with E-state index in [2.05, 4.69) is 22.1 Å². The molecule has 1 unspecified atom stereocenters. The number of nitrogens with one attached hydrogen (secondary N) is 1. The minimum Gasteiger partial charge on any atom is -0.497 e. The summed E-state index contributed by atoms with van der Waals surface area (Å²) in [6, 6.07) is 12.2. The number of methoxy groups -OCH3 is 1. The van der Waals surface area contributed by atoms with Gasteiger partial charge in [-0.1, -0.05) is 47.1 Å². The molecule has 1 N–H and O–H groups in total. The van der Waals surface area contributed by atoms with Crippen molar-refractivity contribution >= 4 is 46.6 Å². The lowest BCUT2D eigenvalue weighted by Gasteiger charge is -2.16. The predicted octanol–water partition coefficient (Wildman–Crippen LogP) is 5.65. The number of amides is 1. The minimum atomic E-state index is -0.386. The van der Waals surface area contributed by atoms with Gasteiger partial charge in [-0.2, -0.15) is 0 Å². The van der Waals surface area contributed by atoms with E-state index in [-0.39, 0.29) is 17.8 Å². The number of thioether (sulfide) groups is 1. The fourth-order valence-electron chi connectivity index (χ4n) is 2.85. The number of carbonyl (C=O) groups excluding carboxylic acids is 1. The van der Waals surface area contributed by atoms with Crippen molar-refractivity contribution in [2.75, 3.05) is 18.2 Å². The SMILES string of the molecule is C=CCn1c(SCC(=O)Nc2cc(Cl)ccc2Cl)nnc1C(C)Oc1cccc(OC)c1. The number of aromatic nitrogens is 3. The normalized spacial score (nSPS) is 11.6. The Balaban J connectivity index is 1.69. The van der Waals surface area contributed by atoms with Gasteiger partial charge >= 0.3 is 0 Å². The fourth-order valence-corrected chi connectivity index (χ4v) is 3.94. The number of benzene rings is 2. The molecule has 32 heavy (non-hydrogen) atoms. The summed E-state index contributed by atoms with van der Waals surface area (Å²) >= 11 is 13.3. The molecule has 0 aliphatic carbocycles. The van der Waals surface area contributed by atoms with Gasteiger partial charge in [0.1, 0.15) is 11.5 Å². The van der Waals surface area contributed by atoms with Crippen LogP contribution in [0, 0.1) is 0 Å². The zero-order chi connectivity index (χ0) is 23.1. The molecule has 1 amide bonds. The summed E-state index contributed by atoms with van der Waals surface area (Å²) in [5, 5.41) is 12.7. The van der Waals surface area contributed by atoms with Crippen molar-refractivity contribution in [3.8, 4) is 11.5 Å². The molecule has 7 nitrogen and oxygen atoms in total. The van der Waals surface area contributed by atoms with Gasteiger partial charge in [-0.3, -0.25) is 9.36 Å². The topological polar surface area (TPSA) is 78.3 Å². The maximum absolute atomic E-state index is 12.4. The van der Waals surface area contributed by atoms with E-state index in [1.807, 2.05) is 29.7 Å². The zero-order valence-corrected chi connectivity index (χ0v) is 19.9. The first-order chi connectivity index (χ1) is 15.4. The van der Waals surface area contributed by atoms with Gasteiger partial charge in [0.25, 0.3) is 0 Å². The van der Waals surface area contributed by atoms with Gasteiger partial charge in [0.2, 0.25) is 5.91 Å². The minimum absolute atomic E-state index is 0.114. The van der Waals surface area contributed by atoms with E-state index in [4.69, 9.17) is 32.7 Å². The average Bonchev–Trinajstić information content (AvgIpc) is 3.18. The monoisotopic (exact) mass is 492 g/mol. The van der Waals surface area contributed by atoms with Crippen molar-refractivity contribution in [3.63, 3.8) is 0 Å². The molecule has 10 heteroatoms. The highest BCUT2D eigenvalue weighted by molar-refractivity contribution is 7.99. The van der Waals surface area contributed by atoms with Crippen LogP contribution in [0.3, 0.4) is 0 Å². The van der Waals surface area contributed by atoms with Gasteiger partial charge in [0, 0.05) is 17.6 Å². The largest absolute Gasteiger partial charge is 0.497 e. The van der Waals surface area contributed by atoms with Crippen LogP contribution in [0.25, 0.3) is 0 Å². The maximum atomic E-state index is 12.4. The Labute approximate surface area is 200 Å². The molecule has 168 valence electrons. The molecule has 0 aliphatic rings. The Morgan fingerprint density at radius 1 is 1.25 bits per heavy atom. The number of allylic oxidation sites excluding steroid dienone is 1. The highest BCUT2D eigenvalue weighted by Gasteiger charge is 2.20. The van der Waals surface area contributed by atoms with Crippen molar-refractivity contribution in [3.05, 3.63) is 71.0 Å². The first kappa shape index (κ1) is 24.0. The van der Waals surface area contributed by atoms with Crippen molar-refractivity contribution in [2.45, 2.75) is 24.7 Å². The number of carbonyl (C=O) groups is 1. The van der Waals surface area contributed by atoms with E-state index < -0.39 is 0 Å². The molecule has 0 fully saturated rings.